The summed E-state index contributed by atoms with van der Waals surface area (Å²) in [4.78, 5) is 16.5. The van der Waals surface area contributed by atoms with Crippen LogP contribution >= 0.6 is 0 Å². The molecular weight excluding hydrogens is 336 g/mol. The molecule has 1 heterocycles. The second kappa shape index (κ2) is 7.27. The van der Waals surface area contributed by atoms with E-state index in [4.69, 9.17) is 0 Å². The predicted octanol–water partition coefficient (Wildman–Crippen LogP) is 2.84. The fourth-order valence-electron chi connectivity index (χ4n) is 2.40. The molecule has 0 saturated carbocycles. The summed E-state index contributed by atoms with van der Waals surface area (Å²) < 4.78 is 25.7. The van der Waals surface area contributed by atoms with E-state index in [1.165, 1.54) is 6.20 Å². The minimum absolute atomic E-state index is 0.0949. The van der Waals surface area contributed by atoms with Crippen LogP contribution < -0.4 is 5.32 Å². The van der Waals surface area contributed by atoms with E-state index in [-0.39, 0.29) is 27.9 Å². The van der Waals surface area contributed by atoms with E-state index >= 15 is 0 Å². The highest BCUT2D eigenvalue weighted by atomic mass is 32.2. The van der Waals surface area contributed by atoms with Gasteiger partial charge in [-0.3, -0.25) is 9.78 Å². The molecule has 0 aliphatic rings. The molecule has 0 saturated heterocycles. The number of rotatable bonds is 5. The van der Waals surface area contributed by atoms with Crippen LogP contribution in [0, 0.1) is 0 Å². The number of pyridine rings is 1. The second-order valence-electron chi connectivity index (χ2n) is 5.32. The number of nitrogens with one attached hydrogen (secondary N) is 1. The summed E-state index contributed by atoms with van der Waals surface area (Å²) in [5.74, 6) is -0.354. The molecule has 0 bridgehead atoms. The van der Waals surface area contributed by atoms with Crippen molar-refractivity contribution in [2.45, 2.75) is 16.3 Å². The van der Waals surface area contributed by atoms with Crippen LogP contribution in [-0.2, 0) is 16.4 Å². The average Bonchev–Trinajstić information content (AvgIpc) is 2.67. The number of hydrogen-bond acceptors (Lipinski definition) is 4. The highest BCUT2D eigenvalue weighted by Crippen LogP contribution is 2.23. The monoisotopic (exact) mass is 352 g/mol. The Bertz CT molecular complexity index is 972. The topological polar surface area (TPSA) is 76.1 Å². The number of carbonyl (C=O) groups excluding carboxylic acids is 1. The van der Waals surface area contributed by atoms with E-state index in [9.17, 15) is 13.2 Å². The van der Waals surface area contributed by atoms with Crippen LogP contribution in [0.5, 0.6) is 0 Å². The lowest BCUT2D eigenvalue weighted by Crippen LogP contribution is -2.24. The minimum Gasteiger partial charge on any atom is -0.347 e. The van der Waals surface area contributed by atoms with Gasteiger partial charge in [-0.25, -0.2) is 8.42 Å². The van der Waals surface area contributed by atoms with Crippen molar-refractivity contribution >= 4 is 15.7 Å². The first-order chi connectivity index (χ1) is 12.1. The van der Waals surface area contributed by atoms with Crippen molar-refractivity contribution in [2.24, 2.45) is 0 Å². The van der Waals surface area contributed by atoms with E-state index < -0.39 is 9.84 Å². The number of hydrogen-bond donors (Lipinski definition) is 1. The van der Waals surface area contributed by atoms with Crippen molar-refractivity contribution in [3.05, 3.63) is 90.3 Å². The Morgan fingerprint density at radius 3 is 2.28 bits per heavy atom. The van der Waals surface area contributed by atoms with Gasteiger partial charge in [0, 0.05) is 12.7 Å². The first kappa shape index (κ1) is 16.9. The maximum atomic E-state index is 12.8. The molecule has 0 aliphatic carbocycles. The highest BCUT2D eigenvalue weighted by molar-refractivity contribution is 7.91. The number of sulfone groups is 1. The van der Waals surface area contributed by atoms with Crippen LogP contribution in [0.3, 0.4) is 0 Å². The third-order valence-corrected chi connectivity index (χ3v) is 5.52. The van der Waals surface area contributed by atoms with E-state index in [0.717, 1.165) is 0 Å². The first-order valence-electron chi connectivity index (χ1n) is 7.66. The SMILES string of the molecule is O=C(NCc1ccccc1S(=O)(=O)c1ccccc1)c1ccccn1. The molecule has 0 fully saturated rings. The fraction of sp³-hybridized carbons (Fsp3) is 0.0526. The van der Waals surface area contributed by atoms with Crippen LogP contribution in [0.4, 0.5) is 0 Å². The normalized spacial score (nSPS) is 11.0. The Balaban J connectivity index is 1.86. The molecule has 1 N–H and O–H groups in total. The molecule has 2 aromatic carbocycles. The van der Waals surface area contributed by atoms with Gasteiger partial charge in [0.1, 0.15) is 5.69 Å². The van der Waals surface area contributed by atoms with Gasteiger partial charge in [-0.2, -0.15) is 0 Å². The van der Waals surface area contributed by atoms with Crippen LogP contribution in [0.2, 0.25) is 0 Å². The molecule has 25 heavy (non-hydrogen) atoms. The molecule has 1 amide bonds. The third-order valence-electron chi connectivity index (χ3n) is 3.65. The van der Waals surface area contributed by atoms with E-state index in [2.05, 4.69) is 10.3 Å². The van der Waals surface area contributed by atoms with E-state index in [1.54, 1.807) is 72.8 Å². The zero-order valence-corrected chi connectivity index (χ0v) is 14.1. The van der Waals surface area contributed by atoms with Crippen LogP contribution in [0.15, 0.2) is 88.8 Å². The van der Waals surface area contributed by atoms with Gasteiger partial charge in [0.15, 0.2) is 0 Å². The smallest absolute Gasteiger partial charge is 0.270 e. The maximum absolute atomic E-state index is 12.8. The van der Waals surface area contributed by atoms with E-state index in [1.807, 2.05) is 0 Å². The minimum atomic E-state index is -3.65. The van der Waals surface area contributed by atoms with Gasteiger partial charge in [0.05, 0.1) is 9.79 Å². The zero-order chi connectivity index (χ0) is 17.7. The molecule has 3 rings (SSSR count). The number of aromatic nitrogens is 1. The molecule has 0 atom stereocenters. The summed E-state index contributed by atoms with van der Waals surface area (Å²) in [6.07, 6.45) is 1.53. The van der Waals surface area contributed by atoms with Crippen LogP contribution in [0.25, 0.3) is 0 Å². The summed E-state index contributed by atoms with van der Waals surface area (Å²) in [5, 5.41) is 2.71. The van der Waals surface area contributed by atoms with Gasteiger partial charge in [0.25, 0.3) is 5.91 Å². The lowest BCUT2D eigenvalue weighted by Gasteiger charge is -2.11. The molecule has 0 radical (unpaired) electrons. The molecule has 1 aromatic heterocycles. The summed E-state index contributed by atoms with van der Waals surface area (Å²) in [6, 6.07) is 19.9. The maximum Gasteiger partial charge on any atom is 0.270 e. The van der Waals surface area contributed by atoms with Gasteiger partial charge in [-0.15, -0.1) is 0 Å². The lowest BCUT2D eigenvalue weighted by molar-refractivity contribution is 0.0945. The molecule has 126 valence electrons. The van der Waals surface area contributed by atoms with Gasteiger partial charge < -0.3 is 5.32 Å². The molecule has 5 nitrogen and oxygen atoms in total. The Labute approximate surface area is 146 Å². The van der Waals surface area contributed by atoms with Crippen molar-refractivity contribution in [3.8, 4) is 0 Å². The van der Waals surface area contributed by atoms with Crippen molar-refractivity contribution in [1.29, 1.82) is 0 Å². The summed E-state index contributed by atoms with van der Waals surface area (Å²) in [6.45, 7) is 0.0949. The average molecular weight is 352 g/mol. The molecule has 0 aliphatic heterocycles. The van der Waals surface area contributed by atoms with Crippen molar-refractivity contribution in [2.75, 3.05) is 0 Å². The Morgan fingerprint density at radius 1 is 0.880 bits per heavy atom. The number of amides is 1. The second-order valence-corrected chi connectivity index (χ2v) is 7.24. The molecule has 0 unspecified atom stereocenters. The third kappa shape index (κ3) is 3.75. The lowest BCUT2D eigenvalue weighted by atomic mass is 10.2. The van der Waals surface area contributed by atoms with E-state index in [0.29, 0.717) is 5.56 Å². The van der Waals surface area contributed by atoms with Gasteiger partial charge >= 0.3 is 0 Å². The predicted molar refractivity (Wildman–Crippen MR) is 93.7 cm³/mol. The van der Waals surface area contributed by atoms with Crippen molar-refractivity contribution in [3.63, 3.8) is 0 Å². The molecular formula is C19H16N2O3S. The zero-order valence-electron chi connectivity index (χ0n) is 13.3. The van der Waals surface area contributed by atoms with Crippen molar-refractivity contribution < 1.29 is 13.2 Å². The molecule has 3 aromatic rings. The number of benzene rings is 2. The number of nitrogens with zero attached hydrogens (tertiary/aromatic N) is 1. The van der Waals surface area contributed by atoms with Crippen molar-refractivity contribution in [1.82, 2.24) is 10.3 Å². The quantitative estimate of drug-likeness (QED) is 0.766. The Kier molecular flexibility index (Phi) is 4.90. The summed E-state index contributed by atoms with van der Waals surface area (Å²) >= 11 is 0. The molecule has 6 heteroatoms. The van der Waals surface area contributed by atoms with Crippen LogP contribution in [-0.4, -0.2) is 19.3 Å². The van der Waals surface area contributed by atoms with Gasteiger partial charge in [0.2, 0.25) is 9.84 Å². The highest BCUT2D eigenvalue weighted by Gasteiger charge is 2.20. The Hall–Kier alpha value is -2.99. The first-order valence-corrected chi connectivity index (χ1v) is 9.14. The summed E-state index contributed by atoms with van der Waals surface area (Å²) in [5.41, 5.74) is 0.807. The summed E-state index contributed by atoms with van der Waals surface area (Å²) in [7, 11) is -3.65. The van der Waals surface area contributed by atoms with Gasteiger partial charge in [-0.05, 0) is 35.9 Å². The largest absolute Gasteiger partial charge is 0.347 e. The van der Waals surface area contributed by atoms with Gasteiger partial charge in [-0.1, -0.05) is 42.5 Å². The standard InChI is InChI=1S/C19H16N2O3S/c22-19(17-11-6-7-13-20-17)21-14-15-8-4-5-12-18(15)25(23,24)16-9-2-1-3-10-16/h1-13H,14H2,(H,21,22). The number of carbonyl (C=O) groups is 1. The van der Waals surface area contributed by atoms with Crippen LogP contribution in [0.1, 0.15) is 16.1 Å². The Morgan fingerprint density at radius 2 is 1.56 bits per heavy atom. The molecule has 0 spiro atoms. The fourth-order valence-corrected chi connectivity index (χ4v) is 3.91.